The van der Waals surface area contributed by atoms with Crippen molar-refractivity contribution in [3.05, 3.63) is 24.3 Å². The van der Waals surface area contributed by atoms with Crippen molar-refractivity contribution in [1.82, 2.24) is 10.6 Å². The van der Waals surface area contributed by atoms with Gasteiger partial charge in [0.15, 0.2) is 0 Å². The van der Waals surface area contributed by atoms with Gasteiger partial charge < -0.3 is 20.9 Å². The van der Waals surface area contributed by atoms with Crippen LogP contribution in [0.4, 0.5) is 24.5 Å². The molecule has 3 N–H and O–H groups in total. The zero-order valence-corrected chi connectivity index (χ0v) is 18.1. The van der Waals surface area contributed by atoms with Crippen molar-refractivity contribution in [1.29, 1.82) is 0 Å². The lowest BCUT2D eigenvalue weighted by atomic mass is 9.90. The number of hydrogen-bond donors (Lipinski definition) is 3. The summed E-state index contributed by atoms with van der Waals surface area (Å²) in [6, 6.07) is 8.40. The molecule has 2 heterocycles. The molecule has 0 aromatic heterocycles. The summed E-state index contributed by atoms with van der Waals surface area (Å²) in [5.41, 5.74) is 1.96. The number of rotatable bonds is 5. The second kappa shape index (κ2) is 9.58. The number of carbonyl (C=O) groups excluding carboxylic acids is 2. The molecule has 2 amide bonds. The van der Waals surface area contributed by atoms with Crippen LogP contribution in [0.5, 0.6) is 0 Å². The minimum atomic E-state index is -4.09. The first kappa shape index (κ1) is 22.7. The zero-order chi connectivity index (χ0) is 22.7. The molecular formula is C23H31F3N4O2. The fourth-order valence-corrected chi connectivity index (χ4v) is 4.96. The molecule has 2 aliphatic heterocycles. The Morgan fingerprint density at radius 3 is 2.16 bits per heavy atom. The standard InChI is InChI=1S/C23H31F3N4O2/c24-23(25,26)16-9-11-30(12-10-16)20-7-5-18(6-8-20)28-17-1-3-19(4-2-17)29-22(32)15-13-21(31)27-14-15/h5-8,15-17,19,28H,1-4,9-14H2,(H,27,31)(H,29,32). The van der Waals surface area contributed by atoms with Crippen LogP contribution >= 0.6 is 0 Å². The summed E-state index contributed by atoms with van der Waals surface area (Å²) < 4.78 is 38.6. The van der Waals surface area contributed by atoms with E-state index in [2.05, 4.69) is 16.0 Å². The molecular weight excluding hydrogens is 421 g/mol. The summed E-state index contributed by atoms with van der Waals surface area (Å²) in [5.74, 6) is -1.53. The number of nitrogens with zero attached hydrogens (tertiary/aromatic N) is 1. The van der Waals surface area contributed by atoms with Crippen LogP contribution in [0.1, 0.15) is 44.9 Å². The fraction of sp³-hybridized carbons (Fsp3) is 0.652. The van der Waals surface area contributed by atoms with Crippen LogP contribution in [0.25, 0.3) is 0 Å². The lowest BCUT2D eigenvalue weighted by Crippen LogP contribution is -2.43. The van der Waals surface area contributed by atoms with Crippen LogP contribution in [0.3, 0.4) is 0 Å². The molecule has 0 spiro atoms. The Balaban J connectivity index is 1.20. The largest absolute Gasteiger partial charge is 0.391 e. The van der Waals surface area contributed by atoms with Crippen LogP contribution in [-0.2, 0) is 9.59 Å². The number of anilines is 2. The van der Waals surface area contributed by atoms with E-state index in [1.165, 1.54) is 0 Å². The van der Waals surface area contributed by atoms with Gasteiger partial charge in [-0.15, -0.1) is 0 Å². The van der Waals surface area contributed by atoms with E-state index in [1.807, 2.05) is 29.2 Å². The maximum atomic E-state index is 12.9. The van der Waals surface area contributed by atoms with Crippen molar-refractivity contribution in [2.75, 3.05) is 29.9 Å². The Hall–Kier alpha value is -2.45. The third-order valence-corrected chi connectivity index (χ3v) is 6.98. The van der Waals surface area contributed by atoms with Gasteiger partial charge in [-0.05, 0) is 62.8 Å². The van der Waals surface area contributed by atoms with Gasteiger partial charge in [0.05, 0.1) is 11.8 Å². The minimum Gasteiger partial charge on any atom is -0.382 e. The highest BCUT2D eigenvalue weighted by molar-refractivity contribution is 5.89. The number of carbonyl (C=O) groups is 2. The molecule has 1 aromatic carbocycles. The maximum Gasteiger partial charge on any atom is 0.391 e. The predicted octanol–water partition coefficient (Wildman–Crippen LogP) is 3.44. The quantitative estimate of drug-likeness (QED) is 0.640. The average Bonchev–Trinajstić information content (AvgIpc) is 3.22. The van der Waals surface area contributed by atoms with E-state index in [9.17, 15) is 22.8 Å². The molecule has 176 valence electrons. The Morgan fingerprint density at radius 2 is 1.59 bits per heavy atom. The smallest absolute Gasteiger partial charge is 0.382 e. The van der Waals surface area contributed by atoms with Gasteiger partial charge in [0, 0.05) is 49.5 Å². The van der Waals surface area contributed by atoms with Crippen LogP contribution in [-0.4, -0.2) is 49.7 Å². The number of halogens is 3. The summed E-state index contributed by atoms with van der Waals surface area (Å²) in [7, 11) is 0. The number of hydrogen-bond acceptors (Lipinski definition) is 4. The van der Waals surface area contributed by atoms with Crippen molar-refractivity contribution in [2.45, 2.75) is 63.2 Å². The highest BCUT2D eigenvalue weighted by Gasteiger charge is 2.41. The number of amides is 2. The second-order valence-electron chi connectivity index (χ2n) is 9.26. The monoisotopic (exact) mass is 452 g/mol. The highest BCUT2D eigenvalue weighted by atomic mass is 19.4. The van der Waals surface area contributed by atoms with Gasteiger partial charge in [0.2, 0.25) is 11.8 Å². The molecule has 9 heteroatoms. The van der Waals surface area contributed by atoms with Gasteiger partial charge in [-0.3, -0.25) is 9.59 Å². The van der Waals surface area contributed by atoms with Gasteiger partial charge in [-0.25, -0.2) is 0 Å². The normalized spacial score (nSPS) is 27.2. The molecule has 3 fully saturated rings. The van der Waals surface area contributed by atoms with Crippen molar-refractivity contribution >= 4 is 23.2 Å². The van der Waals surface area contributed by atoms with Crippen LogP contribution in [0.2, 0.25) is 0 Å². The fourth-order valence-electron chi connectivity index (χ4n) is 4.96. The van der Waals surface area contributed by atoms with Crippen LogP contribution in [0, 0.1) is 11.8 Å². The highest BCUT2D eigenvalue weighted by Crippen LogP contribution is 2.35. The molecule has 0 radical (unpaired) electrons. The zero-order valence-electron chi connectivity index (χ0n) is 18.1. The molecule has 2 saturated heterocycles. The van der Waals surface area contributed by atoms with Crippen LogP contribution in [0.15, 0.2) is 24.3 Å². The van der Waals surface area contributed by atoms with Crippen LogP contribution < -0.4 is 20.9 Å². The van der Waals surface area contributed by atoms with E-state index in [0.29, 0.717) is 25.7 Å². The first-order valence-electron chi connectivity index (χ1n) is 11.5. The molecule has 6 nitrogen and oxygen atoms in total. The van der Waals surface area contributed by atoms with Gasteiger partial charge >= 0.3 is 6.18 Å². The average molecular weight is 453 g/mol. The molecule has 32 heavy (non-hydrogen) atoms. The Morgan fingerprint density at radius 1 is 0.969 bits per heavy atom. The number of nitrogens with one attached hydrogen (secondary N) is 3. The molecule has 0 bridgehead atoms. The van der Waals surface area contributed by atoms with Gasteiger partial charge in [0.25, 0.3) is 0 Å². The maximum absolute atomic E-state index is 12.9. The third kappa shape index (κ3) is 5.66. The Bertz CT molecular complexity index is 798. The van der Waals surface area contributed by atoms with Crippen molar-refractivity contribution in [2.24, 2.45) is 11.8 Å². The summed E-state index contributed by atoms with van der Waals surface area (Å²) >= 11 is 0. The van der Waals surface area contributed by atoms with Gasteiger partial charge in [-0.1, -0.05) is 0 Å². The first-order chi connectivity index (χ1) is 15.3. The summed E-state index contributed by atoms with van der Waals surface area (Å²) in [6.45, 7) is 1.29. The lowest BCUT2D eigenvalue weighted by molar-refractivity contribution is -0.179. The number of benzene rings is 1. The molecule has 1 aromatic rings. The van der Waals surface area contributed by atoms with E-state index in [0.717, 1.165) is 37.1 Å². The molecule has 3 aliphatic rings. The minimum absolute atomic E-state index is 0.0328. The van der Waals surface area contributed by atoms with E-state index in [1.54, 1.807) is 0 Å². The summed E-state index contributed by atoms with van der Waals surface area (Å²) in [5, 5.41) is 9.32. The van der Waals surface area contributed by atoms with Gasteiger partial charge in [-0.2, -0.15) is 13.2 Å². The van der Waals surface area contributed by atoms with Gasteiger partial charge in [0.1, 0.15) is 0 Å². The summed E-state index contributed by atoms with van der Waals surface area (Å²) in [6.07, 6.45) is 0.160. The molecule has 1 aliphatic carbocycles. The number of piperidine rings is 1. The van der Waals surface area contributed by atoms with Crippen molar-refractivity contribution in [3.63, 3.8) is 0 Å². The van der Waals surface area contributed by atoms with E-state index in [-0.39, 0.29) is 43.0 Å². The predicted molar refractivity (Wildman–Crippen MR) is 116 cm³/mol. The molecule has 4 rings (SSSR count). The lowest BCUT2D eigenvalue weighted by Gasteiger charge is -2.34. The topological polar surface area (TPSA) is 73.5 Å². The Labute approximate surface area is 186 Å². The molecule has 1 atom stereocenters. The van der Waals surface area contributed by atoms with E-state index < -0.39 is 12.1 Å². The summed E-state index contributed by atoms with van der Waals surface area (Å²) in [4.78, 5) is 25.6. The van der Waals surface area contributed by atoms with Crippen molar-refractivity contribution in [3.8, 4) is 0 Å². The van der Waals surface area contributed by atoms with Crippen molar-refractivity contribution < 1.29 is 22.8 Å². The second-order valence-corrected chi connectivity index (χ2v) is 9.26. The Kier molecular flexibility index (Phi) is 6.81. The van der Waals surface area contributed by atoms with E-state index >= 15 is 0 Å². The molecule has 1 unspecified atom stereocenters. The first-order valence-corrected chi connectivity index (χ1v) is 11.5. The third-order valence-electron chi connectivity index (χ3n) is 6.98. The SMILES string of the molecule is O=C1CC(C(=O)NC2CCC(Nc3ccc(N4CCC(C(F)(F)F)CC4)cc3)CC2)CN1. The van der Waals surface area contributed by atoms with E-state index in [4.69, 9.17) is 0 Å². The molecule has 1 saturated carbocycles. The number of alkyl halides is 3.